The highest BCUT2D eigenvalue weighted by Crippen LogP contribution is 2.35. The van der Waals surface area contributed by atoms with Crippen molar-refractivity contribution in [2.75, 3.05) is 26.2 Å². The Balaban J connectivity index is 0.00000200. The second-order valence-electron chi connectivity index (χ2n) is 5.28. The lowest BCUT2D eigenvalue weighted by molar-refractivity contribution is 0.128. The van der Waals surface area contributed by atoms with Crippen LogP contribution in [0, 0.1) is 11.7 Å². The Morgan fingerprint density at radius 2 is 1.90 bits per heavy atom. The maximum Gasteiger partial charge on any atom is 0.123 e. The molecule has 2 rings (SSSR count). The van der Waals surface area contributed by atoms with Crippen molar-refractivity contribution in [3.8, 4) is 0 Å². The molecule has 1 unspecified atom stereocenters. The van der Waals surface area contributed by atoms with Crippen molar-refractivity contribution in [2.24, 2.45) is 5.92 Å². The van der Waals surface area contributed by atoms with Gasteiger partial charge in [0.15, 0.2) is 0 Å². The van der Waals surface area contributed by atoms with Crippen LogP contribution < -0.4 is 5.32 Å². The minimum atomic E-state index is -0.206. The van der Waals surface area contributed by atoms with Crippen LogP contribution in [0.3, 0.4) is 0 Å². The molecule has 1 aromatic rings. The van der Waals surface area contributed by atoms with Gasteiger partial charge in [-0.05, 0) is 29.7 Å². The van der Waals surface area contributed by atoms with E-state index in [2.05, 4.69) is 24.1 Å². The molecule has 0 amide bonds. The fraction of sp³-hybridized carbons (Fsp3) is 0.600. The molecule has 1 heterocycles. The molecule has 0 bridgehead atoms. The predicted octanol–water partition coefficient (Wildman–Crippen LogP) is 4.32. The number of benzene rings is 1. The summed E-state index contributed by atoms with van der Waals surface area (Å²) in [6.45, 7) is 8.34. The summed E-state index contributed by atoms with van der Waals surface area (Å²) in [6.07, 6.45) is 1.06. The van der Waals surface area contributed by atoms with Crippen LogP contribution in [0.4, 0.5) is 4.39 Å². The molecule has 1 saturated heterocycles. The summed E-state index contributed by atoms with van der Waals surface area (Å²) in [5.41, 5.74) is 0.929. The van der Waals surface area contributed by atoms with Gasteiger partial charge in [-0.3, -0.25) is 4.90 Å². The second-order valence-corrected chi connectivity index (χ2v) is 5.69. The van der Waals surface area contributed by atoms with Gasteiger partial charge in [-0.2, -0.15) is 0 Å². The van der Waals surface area contributed by atoms with Crippen molar-refractivity contribution in [3.63, 3.8) is 0 Å². The van der Waals surface area contributed by atoms with Crippen molar-refractivity contribution in [1.29, 1.82) is 0 Å². The van der Waals surface area contributed by atoms with E-state index >= 15 is 0 Å². The molecule has 1 aromatic carbocycles. The molecule has 1 aliphatic rings. The molecular weight excluding hydrogens is 334 g/mol. The third kappa shape index (κ3) is 5.26. The Hall–Kier alpha value is -0.0600. The van der Waals surface area contributed by atoms with E-state index in [0.29, 0.717) is 10.9 Å². The smallest absolute Gasteiger partial charge is 0.123 e. The lowest BCUT2D eigenvalue weighted by Gasteiger charge is -2.38. The van der Waals surface area contributed by atoms with Gasteiger partial charge in [-0.25, -0.2) is 4.39 Å². The number of nitrogens with one attached hydrogen (secondary N) is 1. The van der Waals surface area contributed by atoms with Gasteiger partial charge in [-0.1, -0.05) is 31.9 Å². The lowest BCUT2D eigenvalue weighted by atomic mass is 9.90. The topological polar surface area (TPSA) is 15.3 Å². The number of hydrogen-bond acceptors (Lipinski definition) is 2. The number of halogens is 4. The van der Waals surface area contributed by atoms with Crippen LogP contribution in [0.5, 0.6) is 0 Å². The van der Waals surface area contributed by atoms with Crippen molar-refractivity contribution < 1.29 is 4.39 Å². The molecular formula is C15H24Cl3FN2. The van der Waals surface area contributed by atoms with Crippen LogP contribution in [0.25, 0.3) is 0 Å². The van der Waals surface area contributed by atoms with Gasteiger partial charge < -0.3 is 5.32 Å². The van der Waals surface area contributed by atoms with Crippen molar-refractivity contribution in [2.45, 2.75) is 26.3 Å². The summed E-state index contributed by atoms with van der Waals surface area (Å²) < 4.78 is 13.6. The molecule has 0 aromatic heterocycles. The molecule has 0 saturated carbocycles. The molecule has 0 aliphatic carbocycles. The van der Waals surface area contributed by atoms with Crippen LogP contribution in [-0.4, -0.2) is 31.1 Å². The molecule has 0 spiro atoms. The van der Waals surface area contributed by atoms with E-state index in [9.17, 15) is 4.39 Å². The maximum absolute atomic E-state index is 13.6. The number of rotatable bonds is 4. The molecule has 1 N–H and O–H groups in total. The van der Waals surface area contributed by atoms with Gasteiger partial charge in [0.05, 0.1) is 0 Å². The molecule has 0 radical (unpaired) electrons. The minimum Gasteiger partial charge on any atom is -0.314 e. The van der Waals surface area contributed by atoms with Crippen LogP contribution in [0.1, 0.15) is 31.9 Å². The van der Waals surface area contributed by atoms with Gasteiger partial charge >= 0.3 is 0 Å². The first kappa shape index (κ1) is 20.9. The first-order valence-corrected chi connectivity index (χ1v) is 7.41. The maximum atomic E-state index is 13.6. The standard InChI is InChI=1S/C15H22ClFN2.2ClH/c1-3-11(2)15(19-8-6-18-7-9-19)13-10-12(17)4-5-14(13)16;;/h4-5,10-11,15,18H,3,6-9H2,1-2H3;2*1H/t11?,15-;;/m1../s1. The molecule has 21 heavy (non-hydrogen) atoms. The monoisotopic (exact) mass is 356 g/mol. The molecule has 122 valence electrons. The molecule has 2 atom stereocenters. The first-order valence-electron chi connectivity index (χ1n) is 7.03. The van der Waals surface area contributed by atoms with Crippen molar-refractivity contribution >= 4 is 36.4 Å². The average Bonchev–Trinajstić information content (AvgIpc) is 2.44. The molecule has 1 aliphatic heterocycles. The van der Waals surface area contributed by atoms with Crippen LogP contribution in [0.2, 0.25) is 5.02 Å². The normalized spacial score (nSPS) is 18.3. The van der Waals surface area contributed by atoms with Gasteiger partial charge in [0.25, 0.3) is 0 Å². The van der Waals surface area contributed by atoms with E-state index in [1.807, 2.05) is 0 Å². The molecule has 2 nitrogen and oxygen atoms in total. The zero-order valence-corrected chi connectivity index (χ0v) is 14.8. The highest BCUT2D eigenvalue weighted by molar-refractivity contribution is 6.31. The predicted molar refractivity (Wildman–Crippen MR) is 92.5 cm³/mol. The minimum absolute atomic E-state index is 0. The van der Waals surface area contributed by atoms with E-state index in [1.165, 1.54) is 6.07 Å². The number of hydrogen-bond donors (Lipinski definition) is 1. The Morgan fingerprint density at radius 1 is 1.29 bits per heavy atom. The number of piperazine rings is 1. The largest absolute Gasteiger partial charge is 0.314 e. The third-order valence-corrected chi connectivity index (χ3v) is 4.35. The van der Waals surface area contributed by atoms with Gasteiger partial charge in [0, 0.05) is 37.2 Å². The summed E-state index contributed by atoms with van der Waals surface area (Å²) in [6, 6.07) is 4.90. The van der Waals surface area contributed by atoms with Crippen molar-refractivity contribution in [1.82, 2.24) is 10.2 Å². The fourth-order valence-electron chi connectivity index (χ4n) is 2.79. The van der Waals surface area contributed by atoms with E-state index in [0.717, 1.165) is 38.2 Å². The molecule has 1 fully saturated rings. The average molecular weight is 358 g/mol. The van der Waals surface area contributed by atoms with Crippen LogP contribution >= 0.6 is 36.4 Å². The highest BCUT2D eigenvalue weighted by Gasteiger charge is 2.28. The summed E-state index contributed by atoms with van der Waals surface area (Å²) >= 11 is 6.30. The summed E-state index contributed by atoms with van der Waals surface area (Å²) in [7, 11) is 0. The zero-order valence-electron chi connectivity index (χ0n) is 12.4. The van der Waals surface area contributed by atoms with E-state index in [-0.39, 0.29) is 36.7 Å². The third-order valence-electron chi connectivity index (χ3n) is 4.00. The highest BCUT2D eigenvalue weighted by atomic mass is 35.5. The van der Waals surface area contributed by atoms with Gasteiger partial charge in [0.2, 0.25) is 0 Å². The lowest BCUT2D eigenvalue weighted by Crippen LogP contribution is -2.46. The number of nitrogens with zero attached hydrogens (tertiary/aromatic N) is 1. The Morgan fingerprint density at radius 3 is 2.48 bits per heavy atom. The fourth-order valence-corrected chi connectivity index (χ4v) is 3.02. The Labute approximate surface area is 144 Å². The SMILES string of the molecule is CCC(C)[C@H](c1cc(F)ccc1Cl)N1CCNCC1.Cl.Cl. The van der Waals surface area contributed by atoms with E-state index in [1.54, 1.807) is 12.1 Å². The van der Waals surface area contributed by atoms with Crippen LogP contribution in [0.15, 0.2) is 18.2 Å². The molecule has 6 heteroatoms. The van der Waals surface area contributed by atoms with Crippen LogP contribution in [-0.2, 0) is 0 Å². The van der Waals surface area contributed by atoms with Gasteiger partial charge in [0.1, 0.15) is 5.82 Å². The Bertz CT molecular complexity index is 425. The van der Waals surface area contributed by atoms with Gasteiger partial charge in [-0.15, -0.1) is 24.8 Å². The second kappa shape index (κ2) is 9.86. The van der Waals surface area contributed by atoms with E-state index < -0.39 is 0 Å². The summed E-state index contributed by atoms with van der Waals surface area (Å²) in [5.74, 6) is 0.250. The first-order chi connectivity index (χ1) is 9.13. The zero-order chi connectivity index (χ0) is 13.8. The Kier molecular flexibility index (Phi) is 9.83. The quantitative estimate of drug-likeness (QED) is 0.863. The van der Waals surface area contributed by atoms with E-state index in [4.69, 9.17) is 11.6 Å². The summed E-state index contributed by atoms with van der Waals surface area (Å²) in [4.78, 5) is 2.42. The summed E-state index contributed by atoms with van der Waals surface area (Å²) in [5, 5.41) is 4.03. The van der Waals surface area contributed by atoms with Crippen molar-refractivity contribution in [3.05, 3.63) is 34.6 Å².